The second-order valence-corrected chi connectivity index (χ2v) is 8.35. The quantitative estimate of drug-likeness (QED) is 0.565. The van der Waals surface area contributed by atoms with Crippen LogP contribution in [-0.2, 0) is 6.54 Å². The van der Waals surface area contributed by atoms with Crippen molar-refractivity contribution >= 4 is 17.3 Å². The Bertz CT molecular complexity index is 1190. The van der Waals surface area contributed by atoms with Crippen LogP contribution in [0.15, 0.2) is 42.5 Å². The average molecular weight is 399 g/mol. The molecule has 3 aliphatic rings. The second kappa shape index (κ2) is 6.83. The van der Waals surface area contributed by atoms with Gasteiger partial charge in [0.05, 0.1) is 18.0 Å². The van der Waals surface area contributed by atoms with Crippen LogP contribution in [0, 0.1) is 12.3 Å². The molecule has 0 spiro atoms. The van der Waals surface area contributed by atoms with E-state index < -0.39 is 5.91 Å². The summed E-state index contributed by atoms with van der Waals surface area (Å²) in [7, 11) is 1.85. The third-order valence-corrected chi connectivity index (χ3v) is 6.49. The lowest BCUT2D eigenvalue weighted by Gasteiger charge is -2.34. The minimum atomic E-state index is -0.553. The van der Waals surface area contributed by atoms with Crippen LogP contribution < -0.4 is 11.1 Å². The fourth-order valence-electron chi connectivity index (χ4n) is 4.96. The highest BCUT2D eigenvalue weighted by Gasteiger charge is 2.42. The molecule has 1 aromatic heterocycles. The summed E-state index contributed by atoms with van der Waals surface area (Å²) in [4.78, 5) is 17.1. The first-order valence-corrected chi connectivity index (χ1v) is 10.3. The third kappa shape index (κ3) is 2.75. The molecule has 0 atom stereocenters. The molecule has 0 aliphatic heterocycles. The summed E-state index contributed by atoms with van der Waals surface area (Å²) in [6.45, 7) is 2.34. The second-order valence-electron chi connectivity index (χ2n) is 8.35. The van der Waals surface area contributed by atoms with Crippen LogP contribution in [0.1, 0.15) is 57.7 Å². The summed E-state index contributed by atoms with van der Waals surface area (Å²) in [5.41, 5.74) is 13.4. The van der Waals surface area contributed by atoms with Crippen LogP contribution in [0.3, 0.4) is 0 Å². The van der Waals surface area contributed by atoms with Crippen LogP contribution in [0.25, 0.3) is 11.3 Å². The predicted molar refractivity (Wildman–Crippen MR) is 118 cm³/mol. The lowest BCUT2D eigenvalue weighted by atomic mass is 9.71. The number of carbonyl (C=O) groups is 1. The number of primary amides is 1. The molecule has 4 N–H and O–H groups in total. The number of amides is 1. The van der Waals surface area contributed by atoms with Crippen molar-refractivity contribution in [2.75, 3.05) is 12.4 Å². The van der Waals surface area contributed by atoms with Gasteiger partial charge in [0.15, 0.2) is 5.82 Å². The standard InChI is InChI=1S/C24H25N5O/c1-13-7-8-16-14-10-15(11-14)22-21(18(16)9-13)28-24(23(26)30)29(22)12-19(25)17-5-3-4-6-20(17)27-2/h3-9,14-15,25,27H,10-12H2,1-2H3,(H2,26,30). The SMILES string of the molecule is CNc1ccccc1C(=N)Cn1c(C(N)=O)nc2c1C1CC(C1)c1ccc(C)cc1-2. The number of nitrogens with zero attached hydrogens (tertiary/aromatic N) is 2. The first kappa shape index (κ1) is 18.6. The molecule has 0 saturated heterocycles. The minimum absolute atomic E-state index is 0.240. The molecule has 30 heavy (non-hydrogen) atoms. The highest BCUT2D eigenvalue weighted by Crippen LogP contribution is 2.55. The van der Waals surface area contributed by atoms with E-state index in [-0.39, 0.29) is 12.4 Å². The number of imidazole rings is 1. The van der Waals surface area contributed by atoms with Gasteiger partial charge in [0.2, 0.25) is 0 Å². The first-order chi connectivity index (χ1) is 14.5. The summed E-state index contributed by atoms with van der Waals surface area (Å²) in [5.74, 6) is 0.563. The van der Waals surface area contributed by atoms with Crippen LogP contribution >= 0.6 is 0 Å². The molecule has 2 bridgehead atoms. The van der Waals surface area contributed by atoms with Gasteiger partial charge in [-0.05, 0) is 43.4 Å². The maximum Gasteiger partial charge on any atom is 0.284 e. The molecule has 3 aliphatic carbocycles. The maximum atomic E-state index is 12.3. The molecular weight excluding hydrogens is 374 g/mol. The van der Waals surface area contributed by atoms with Gasteiger partial charge in [-0.1, -0.05) is 35.9 Å². The molecule has 1 amide bonds. The summed E-state index contributed by atoms with van der Waals surface area (Å²) in [6, 6.07) is 14.2. The third-order valence-electron chi connectivity index (χ3n) is 6.49. The first-order valence-electron chi connectivity index (χ1n) is 10.3. The van der Waals surface area contributed by atoms with Gasteiger partial charge in [-0.2, -0.15) is 0 Å². The average Bonchev–Trinajstić information content (AvgIpc) is 2.94. The number of benzene rings is 2. The molecule has 0 radical (unpaired) electrons. The Morgan fingerprint density at radius 2 is 2.00 bits per heavy atom. The van der Waals surface area contributed by atoms with Gasteiger partial charge >= 0.3 is 0 Å². The summed E-state index contributed by atoms with van der Waals surface area (Å²) in [5, 5.41) is 11.9. The van der Waals surface area contributed by atoms with Crippen molar-refractivity contribution in [2.45, 2.75) is 38.1 Å². The normalized spacial score (nSPS) is 18.6. The Morgan fingerprint density at radius 3 is 2.73 bits per heavy atom. The van der Waals surface area contributed by atoms with Crippen molar-refractivity contribution in [3.05, 3.63) is 70.7 Å². The number of aromatic nitrogens is 2. The monoisotopic (exact) mass is 399 g/mol. The zero-order valence-electron chi connectivity index (χ0n) is 17.2. The molecule has 152 valence electrons. The van der Waals surface area contributed by atoms with Crippen LogP contribution in [0.5, 0.6) is 0 Å². The number of nitrogens with two attached hydrogens (primary N) is 1. The van der Waals surface area contributed by atoms with Crippen molar-refractivity contribution in [2.24, 2.45) is 5.73 Å². The molecule has 1 heterocycles. The zero-order valence-corrected chi connectivity index (χ0v) is 17.2. The molecule has 2 aromatic carbocycles. The van der Waals surface area contributed by atoms with E-state index in [1.54, 1.807) is 0 Å². The van der Waals surface area contributed by atoms with Crippen LogP contribution in [0.4, 0.5) is 5.69 Å². The number of rotatable bonds is 5. The number of anilines is 1. The molecule has 0 unspecified atom stereocenters. The van der Waals surface area contributed by atoms with Gasteiger partial charge < -0.3 is 21.0 Å². The molecule has 1 saturated carbocycles. The van der Waals surface area contributed by atoms with E-state index in [1.165, 1.54) is 11.1 Å². The van der Waals surface area contributed by atoms with Gasteiger partial charge in [0.1, 0.15) is 0 Å². The molecule has 6 heteroatoms. The highest BCUT2D eigenvalue weighted by atomic mass is 16.1. The van der Waals surface area contributed by atoms with Crippen molar-refractivity contribution in [1.82, 2.24) is 9.55 Å². The van der Waals surface area contributed by atoms with Gasteiger partial charge in [-0.25, -0.2) is 4.98 Å². The Hall–Kier alpha value is -3.41. The fraction of sp³-hybridized carbons (Fsp3) is 0.292. The van der Waals surface area contributed by atoms with Gasteiger partial charge in [0.25, 0.3) is 5.91 Å². The Kier molecular flexibility index (Phi) is 4.24. The number of aryl methyl sites for hydroxylation is 1. The van der Waals surface area contributed by atoms with E-state index in [1.807, 2.05) is 35.9 Å². The molecule has 6 rings (SSSR count). The van der Waals surface area contributed by atoms with Crippen molar-refractivity contribution in [3.63, 3.8) is 0 Å². The smallest absolute Gasteiger partial charge is 0.284 e. The fourth-order valence-corrected chi connectivity index (χ4v) is 4.96. The lowest BCUT2D eigenvalue weighted by Crippen LogP contribution is -2.26. The zero-order chi connectivity index (χ0) is 21.0. The van der Waals surface area contributed by atoms with Crippen LogP contribution in [-0.4, -0.2) is 28.2 Å². The van der Waals surface area contributed by atoms with Gasteiger partial charge in [0, 0.05) is 35.5 Å². The predicted octanol–water partition coefficient (Wildman–Crippen LogP) is 4.04. The van der Waals surface area contributed by atoms with Crippen LogP contribution in [0.2, 0.25) is 0 Å². The van der Waals surface area contributed by atoms with E-state index in [0.29, 0.717) is 17.5 Å². The van der Waals surface area contributed by atoms with Gasteiger partial charge in [-0.15, -0.1) is 0 Å². The number of carbonyl (C=O) groups excluding carboxylic acids is 1. The van der Waals surface area contributed by atoms with E-state index in [4.69, 9.17) is 16.1 Å². The van der Waals surface area contributed by atoms with Crippen molar-refractivity contribution in [1.29, 1.82) is 5.41 Å². The largest absolute Gasteiger partial charge is 0.388 e. The van der Waals surface area contributed by atoms with E-state index in [2.05, 4.69) is 30.4 Å². The Morgan fingerprint density at radius 1 is 1.23 bits per heavy atom. The summed E-state index contributed by atoms with van der Waals surface area (Å²) in [6.07, 6.45) is 2.10. The molecule has 6 nitrogen and oxygen atoms in total. The van der Waals surface area contributed by atoms with E-state index in [0.717, 1.165) is 41.0 Å². The van der Waals surface area contributed by atoms with Crippen molar-refractivity contribution < 1.29 is 4.79 Å². The molecule has 1 fully saturated rings. The van der Waals surface area contributed by atoms with Crippen molar-refractivity contribution in [3.8, 4) is 11.3 Å². The summed E-state index contributed by atoms with van der Waals surface area (Å²) < 4.78 is 1.89. The maximum absolute atomic E-state index is 12.3. The molecular formula is C24H25N5O. The van der Waals surface area contributed by atoms with Gasteiger partial charge in [-0.3, -0.25) is 4.79 Å². The molecule has 3 aromatic rings. The number of hydrogen-bond acceptors (Lipinski definition) is 4. The van der Waals surface area contributed by atoms with E-state index in [9.17, 15) is 4.79 Å². The lowest BCUT2D eigenvalue weighted by molar-refractivity contribution is 0.0986. The van der Waals surface area contributed by atoms with E-state index >= 15 is 0 Å². The highest BCUT2D eigenvalue weighted by molar-refractivity contribution is 6.03. The Labute approximate surface area is 175 Å². The topological polar surface area (TPSA) is 96.8 Å². The minimum Gasteiger partial charge on any atom is -0.388 e. The number of para-hydroxylation sites is 1. The summed E-state index contributed by atoms with van der Waals surface area (Å²) >= 11 is 0. The number of nitrogens with one attached hydrogen (secondary N) is 2. The number of hydrogen-bond donors (Lipinski definition) is 3. The Balaban J connectivity index is 1.66.